The fraction of sp³-hybridized carbons (Fsp3) is 1.00. The molecule has 0 bridgehead atoms. The van der Waals surface area contributed by atoms with Crippen molar-refractivity contribution in [3.63, 3.8) is 0 Å². The summed E-state index contributed by atoms with van der Waals surface area (Å²) in [6, 6.07) is 0. The highest BCUT2D eigenvalue weighted by Gasteiger charge is 2.34. The van der Waals surface area contributed by atoms with Gasteiger partial charge in [0.25, 0.3) is 0 Å². The van der Waals surface area contributed by atoms with Crippen LogP contribution in [0.1, 0.15) is 40.0 Å². The minimum absolute atomic E-state index is 0.0695. The minimum atomic E-state index is -1.33. The topological polar surface area (TPSA) is 46.2 Å². The molecule has 1 fully saturated rings. The zero-order chi connectivity index (χ0) is 15.7. The van der Waals surface area contributed by atoms with Gasteiger partial charge in [0.1, 0.15) is 5.73 Å². The molecule has 5 nitrogen and oxygen atoms in total. The smallest absolute Gasteiger partial charge is 0.395 e. The maximum absolute atomic E-state index is 6.01. The first kappa shape index (κ1) is 19.1. The third-order valence-corrected chi connectivity index (χ3v) is 5.72. The maximum Gasteiger partial charge on any atom is 0.416 e. The molecule has 6 heteroatoms. The van der Waals surface area contributed by atoms with Crippen molar-refractivity contribution >= 4 is 9.28 Å². The molecule has 0 spiro atoms. The molecule has 0 aromatic carbocycles. The van der Waals surface area contributed by atoms with E-state index < -0.39 is 9.28 Å². The molecule has 1 saturated heterocycles. The molecule has 0 aromatic rings. The third-order valence-electron chi connectivity index (χ3n) is 3.82. The number of rotatable bonds is 12. The second-order valence-corrected chi connectivity index (χ2v) is 8.03. The third kappa shape index (κ3) is 6.34. The normalized spacial score (nSPS) is 20.3. The van der Waals surface area contributed by atoms with Gasteiger partial charge in [-0.2, -0.15) is 0 Å². The Morgan fingerprint density at radius 1 is 1.10 bits per heavy atom. The molecule has 1 heterocycles. The SMILES string of the molecule is CCC(CCOC(CC)[Si](OC)OC)OCC1(C)COC1. The van der Waals surface area contributed by atoms with Gasteiger partial charge in [-0.15, -0.1) is 0 Å². The van der Waals surface area contributed by atoms with Gasteiger partial charge in [-0.25, -0.2) is 0 Å². The molecule has 1 rings (SSSR count). The van der Waals surface area contributed by atoms with Gasteiger partial charge in [0.2, 0.25) is 0 Å². The summed E-state index contributed by atoms with van der Waals surface area (Å²) < 4.78 is 27.9. The summed E-state index contributed by atoms with van der Waals surface area (Å²) in [7, 11) is 2.04. The Morgan fingerprint density at radius 3 is 2.19 bits per heavy atom. The maximum atomic E-state index is 6.01. The van der Waals surface area contributed by atoms with Crippen LogP contribution in [0, 0.1) is 5.41 Å². The summed E-state index contributed by atoms with van der Waals surface area (Å²) in [4.78, 5) is 0. The van der Waals surface area contributed by atoms with Gasteiger partial charge in [0, 0.05) is 26.2 Å². The number of ether oxygens (including phenoxy) is 3. The molecule has 1 radical (unpaired) electrons. The molecule has 21 heavy (non-hydrogen) atoms. The monoisotopic (exact) mass is 319 g/mol. The highest BCUT2D eigenvalue weighted by molar-refractivity contribution is 6.45. The van der Waals surface area contributed by atoms with Crippen LogP contribution in [0.2, 0.25) is 0 Å². The van der Waals surface area contributed by atoms with E-state index in [9.17, 15) is 0 Å². The van der Waals surface area contributed by atoms with Gasteiger partial charge in [0.15, 0.2) is 0 Å². The lowest BCUT2D eigenvalue weighted by atomic mass is 9.90. The summed E-state index contributed by atoms with van der Waals surface area (Å²) in [5.74, 6) is 0. The Balaban J connectivity index is 2.23. The molecule has 0 amide bonds. The highest BCUT2D eigenvalue weighted by atomic mass is 28.3. The average Bonchev–Trinajstić information content (AvgIpc) is 2.47. The van der Waals surface area contributed by atoms with Gasteiger partial charge in [0.05, 0.1) is 25.9 Å². The van der Waals surface area contributed by atoms with Crippen molar-refractivity contribution < 1.29 is 23.1 Å². The molecule has 0 N–H and O–H groups in total. The fourth-order valence-electron chi connectivity index (χ4n) is 2.30. The Morgan fingerprint density at radius 2 is 1.76 bits per heavy atom. The second kappa shape index (κ2) is 9.92. The zero-order valence-corrected chi connectivity index (χ0v) is 15.1. The summed E-state index contributed by atoms with van der Waals surface area (Å²) in [6.07, 6.45) is 3.07. The van der Waals surface area contributed by atoms with E-state index in [4.69, 9.17) is 23.1 Å². The van der Waals surface area contributed by atoms with Crippen LogP contribution in [0.25, 0.3) is 0 Å². The van der Waals surface area contributed by atoms with Gasteiger partial charge < -0.3 is 23.1 Å². The van der Waals surface area contributed by atoms with E-state index in [0.29, 0.717) is 6.61 Å². The Bertz CT molecular complexity index is 269. The Kier molecular flexibility index (Phi) is 9.00. The Labute approximate surface area is 131 Å². The number of hydrogen-bond donors (Lipinski definition) is 0. The minimum Gasteiger partial charge on any atom is -0.395 e. The molecule has 2 atom stereocenters. The van der Waals surface area contributed by atoms with Gasteiger partial charge in [-0.05, 0) is 19.3 Å². The van der Waals surface area contributed by atoms with Crippen LogP contribution in [0.3, 0.4) is 0 Å². The number of hydrogen-bond acceptors (Lipinski definition) is 5. The Hall–Kier alpha value is 0.0169. The lowest BCUT2D eigenvalue weighted by Crippen LogP contribution is -2.44. The van der Waals surface area contributed by atoms with Crippen LogP contribution in [0.4, 0.5) is 0 Å². The molecule has 2 unspecified atom stereocenters. The van der Waals surface area contributed by atoms with Crippen molar-refractivity contribution in [1.29, 1.82) is 0 Å². The van der Waals surface area contributed by atoms with E-state index in [2.05, 4.69) is 20.8 Å². The summed E-state index contributed by atoms with van der Waals surface area (Å²) in [5, 5.41) is 0. The van der Waals surface area contributed by atoms with Gasteiger partial charge in [-0.3, -0.25) is 0 Å². The van der Waals surface area contributed by atoms with Crippen molar-refractivity contribution in [1.82, 2.24) is 0 Å². The second-order valence-electron chi connectivity index (χ2n) is 5.93. The van der Waals surface area contributed by atoms with Crippen molar-refractivity contribution in [2.75, 3.05) is 40.6 Å². The van der Waals surface area contributed by atoms with Crippen molar-refractivity contribution in [3.8, 4) is 0 Å². The van der Waals surface area contributed by atoms with Gasteiger partial charge in [-0.1, -0.05) is 20.8 Å². The lowest BCUT2D eigenvalue weighted by molar-refractivity contribution is -0.151. The van der Waals surface area contributed by atoms with E-state index >= 15 is 0 Å². The predicted molar refractivity (Wildman–Crippen MR) is 83.4 cm³/mol. The largest absolute Gasteiger partial charge is 0.416 e. The van der Waals surface area contributed by atoms with Crippen LogP contribution < -0.4 is 0 Å². The molecular formula is C15H31O5Si. The molecule has 1 aliphatic rings. The first-order valence-electron chi connectivity index (χ1n) is 7.84. The first-order valence-corrected chi connectivity index (χ1v) is 9.23. The van der Waals surface area contributed by atoms with Crippen molar-refractivity contribution in [2.24, 2.45) is 5.41 Å². The van der Waals surface area contributed by atoms with Crippen molar-refractivity contribution in [3.05, 3.63) is 0 Å². The quantitative estimate of drug-likeness (QED) is 0.517. The standard InChI is InChI=1S/C15H31O5Si/c1-6-13(20-12-15(3)10-18-11-15)8-9-19-14(7-2)21(16-4)17-5/h13-14H,6-12H2,1-5H3. The summed E-state index contributed by atoms with van der Waals surface area (Å²) >= 11 is 0. The molecule has 0 saturated carbocycles. The first-order chi connectivity index (χ1) is 10.1. The van der Waals surface area contributed by atoms with Crippen molar-refractivity contribution in [2.45, 2.75) is 51.9 Å². The molecule has 1 aliphatic heterocycles. The van der Waals surface area contributed by atoms with E-state index in [0.717, 1.165) is 39.1 Å². The fourth-order valence-corrected chi connectivity index (χ4v) is 3.58. The predicted octanol–water partition coefficient (Wildman–Crippen LogP) is 2.32. The van der Waals surface area contributed by atoms with Crippen LogP contribution in [-0.2, 0) is 23.1 Å². The van der Waals surface area contributed by atoms with E-state index in [1.807, 2.05) is 0 Å². The molecule has 0 aliphatic carbocycles. The van der Waals surface area contributed by atoms with E-state index in [1.165, 1.54) is 0 Å². The lowest BCUT2D eigenvalue weighted by Gasteiger charge is -2.38. The average molecular weight is 319 g/mol. The molecular weight excluding hydrogens is 288 g/mol. The molecule has 0 aromatic heterocycles. The van der Waals surface area contributed by atoms with Crippen LogP contribution in [-0.4, -0.2) is 61.8 Å². The summed E-state index contributed by atoms with van der Waals surface area (Å²) in [6.45, 7) is 9.54. The van der Waals surface area contributed by atoms with E-state index in [1.54, 1.807) is 14.2 Å². The molecule has 125 valence electrons. The highest BCUT2D eigenvalue weighted by Crippen LogP contribution is 2.27. The summed E-state index contributed by atoms with van der Waals surface area (Å²) in [5.41, 5.74) is 0.280. The van der Waals surface area contributed by atoms with Crippen LogP contribution >= 0.6 is 0 Å². The van der Waals surface area contributed by atoms with Crippen LogP contribution in [0.15, 0.2) is 0 Å². The van der Waals surface area contributed by atoms with Gasteiger partial charge >= 0.3 is 9.28 Å². The van der Waals surface area contributed by atoms with E-state index in [-0.39, 0.29) is 17.2 Å². The zero-order valence-electron chi connectivity index (χ0n) is 14.1. The van der Waals surface area contributed by atoms with Crippen LogP contribution in [0.5, 0.6) is 0 Å².